The summed E-state index contributed by atoms with van der Waals surface area (Å²) < 4.78 is 14.4. The van der Waals surface area contributed by atoms with Gasteiger partial charge in [-0.05, 0) is 17.7 Å². The molecule has 0 fully saturated rings. The normalized spacial score (nSPS) is 11.0. The van der Waals surface area contributed by atoms with Crippen LogP contribution in [0.15, 0.2) is 35.5 Å². The summed E-state index contributed by atoms with van der Waals surface area (Å²) in [4.78, 5) is 29.9. The maximum absolute atomic E-state index is 13.2. The summed E-state index contributed by atoms with van der Waals surface area (Å²) in [6.07, 6.45) is 3.53. The molecule has 0 saturated heterocycles. The summed E-state index contributed by atoms with van der Waals surface area (Å²) in [7, 11) is 0. The fourth-order valence-corrected chi connectivity index (χ4v) is 2.34. The maximum atomic E-state index is 13.2. The number of carbonyl (C=O) groups is 1. The van der Waals surface area contributed by atoms with Crippen molar-refractivity contribution in [3.8, 4) is 11.1 Å². The average molecular weight is 306 g/mol. The van der Waals surface area contributed by atoms with Crippen molar-refractivity contribution in [1.29, 1.82) is 0 Å². The summed E-state index contributed by atoms with van der Waals surface area (Å²) in [6, 6.07) is 4.20. The van der Waals surface area contributed by atoms with Gasteiger partial charge < -0.3 is 9.78 Å². The molecule has 0 atom stereocenters. The van der Waals surface area contributed by atoms with Crippen molar-refractivity contribution in [2.45, 2.75) is 6.54 Å². The van der Waals surface area contributed by atoms with E-state index < -0.39 is 5.82 Å². The fraction of sp³-hybridized carbons (Fsp3) is 0.0714. The number of nitrogens with one attached hydrogen (secondary N) is 1. The van der Waals surface area contributed by atoms with Gasteiger partial charge in [0, 0.05) is 11.8 Å². The average Bonchev–Trinajstić information content (AvgIpc) is 2.90. The monoisotopic (exact) mass is 305 g/mol. The highest BCUT2D eigenvalue weighted by Gasteiger charge is 2.13. The van der Waals surface area contributed by atoms with Crippen LogP contribution in [0.3, 0.4) is 0 Å². The van der Waals surface area contributed by atoms with Gasteiger partial charge in [0.15, 0.2) is 0 Å². The predicted octanol–water partition coefficient (Wildman–Crippen LogP) is 2.38. The van der Waals surface area contributed by atoms with Gasteiger partial charge in [-0.15, -0.1) is 0 Å². The summed E-state index contributed by atoms with van der Waals surface area (Å²) >= 11 is 5.77. The molecule has 0 aliphatic carbocycles. The Labute approximate surface area is 123 Å². The maximum Gasteiger partial charge on any atom is 0.263 e. The van der Waals surface area contributed by atoms with E-state index in [1.807, 2.05) is 0 Å². The Morgan fingerprint density at radius 2 is 2.24 bits per heavy atom. The number of hydrogen-bond acceptors (Lipinski definition) is 3. The first kappa shape index (κ1) is 13.5. The Hall–Kier alpha value is -2.47. The number of aromatic nitrogens is 3. The highest BCUT2D eigenvalue weighted by Crippen LogP contribution is 2.28. The molecule has 0 aliphatic heterocycles. The number of benzene rings is 1. The minimum Gasteiger partial charge on any atom is -0.345 e. The molecule has 0 amide bonds. The lowest BCUT2D eigenvalue weighted by atomic mass is 10.1. The lowest BCUT2D eigenvalue weighted by Gasteiger charge is -2.03. The fourth-order valence-electron chi connectivity index (χ4n) is 2.16. The Bertz CT molecular complexity index is 901. The first-order valence-electron chi connectivity index (χ1n) is 6.07. The van der Waals surface area contributed by atoms with Crippen LogP contribution in [0.2, 0.25) is 5.02 Å². The standard InChI is InChI=1S/C14H9ClFN3O2/c15-10-5-8(1-2-11(10)16)9-6-17-13-12(9)14(21)19(3-4-20)7-18-13/h1-2,4-7,17H,3H2. The van der Waals surface area contributed by atoms with Gasteiger partial charge in [-0.3, -0.25) is 9.36 Å². The number of fused-ring (bicyclic) bond motifs is 1. The number of rotatable bonds is 3. The SMILES string of the molecule is O=CCn1cnc2[nH]cc(-c3ccc(F)c(Cl)c3)c2c1=O. The zero-order valence-electron chi connectivity index (χ0n) is 10.6. The molecule has 0 bridgehead atoms. The van der Waals surface area contributed by atoms with Crippen molar-refractivity contribution in [3.63, 3.8) is 0 Å². The Morgan fingerprint density at radius 3 is 2.95 bits per heavy atom. The molecule has 0 spiro atoms. The number of carbonyl (C=O) groups excluding carboxylic acids is 1. The topological polar surface area (TPSA) is 67.8 Å². The quantitative estimate of drug-likeness (QED) is 0.755. The van der Waals surface area contributed by atoms with Gasteiger partial charge in [-0.2, -0.15) is 0 Å². The second kappa shape index (κ2) is 5.14. The van der Waals surface area contributed by atoms with Gasteiger partial charge in [-0.1, -0.05) is 17.7 Å². The number of H-pyrrole nitrogens is 1. The van der Waals surface area contributed by atoms with Gasteiger partial charge in [0.25, 0.3) is 5.56 Å². The summed E-state index contributed by atoms with van der Waals surface area (Å²) in [5.74, 6) is -0.531. The number of nitrogens with zero attached hydrogens (tertiary/aromatic N) is 2. The van der Waals surface area contributed by atoms with Crippen LogP contribution in [0.25, 0.3) is 22.2 Å². The lowest BCUT2D eigenvalue weighted by molar-refractivity contribution is -0.108. The van der Waals surface area contributed by atoms with Crippen LogP contribution >= 0.6 is 11.6 Å². The highest BCUT2D eigenvalue weighted by molar-refractivity contribution is 6.31. The summed E-state index contributed by atoms with van der Waals surface area (Å²) in [6.45, 7) is -0.0728. The van der Waals surface area contributed by atoms with Crippen LogP contribution in [0.4, 0.5) is 4.39 Å². The molecule has 7 heteroatoms. The van der Waals surface area contributed by atoms with Crippen LogP contribution in [0, 0.1) is 5.82 Å². The van der Waals surface area contributed by atoms with Gasteiger partial charge >= 0.3 is 0 Å². The third kappa shape index (κ3) is 2.23. The minimum atomic E-state index is -0.531. The third-order valence-electron chi connectivity index (χ3n) is 3.16. The second-order valence-electron chi connectivity index (χ2n) is 4.42. The molecule has 0 radical (unpaired) electrons. The molecule has 106 valence electrons. The van der Waals surface area contributed by atoms with Crippen molar-refractivity contribution in [2.24, 2.45) is 0 Å². The molecule has 1 N–H and O–H groups in total. The Balaban J connectivity index is 2.27. The van der Waals surface area contributed by atoms with Crippen molar-refractivity contribution < 1.29 is 9.18 Å². The molecule has 0 aliphatic rings. The van der Waals surface area contributed by atoms with Gasteiger partial charge in [0.2, 0.25) is 0 Å². The van der Waals surface area contributed by atoms with E-state index in [2.05, 4.69) is 9.97 Å². The van der Waals surface area contributed by atoms with E-state index >= 15 is 0 Å². The molecule has 21 heavy (non-hydrogen) atoms. The van der Waals surface area contributed by atoms with Crippen LogP contribution in [-0.2, 0) is 11.3 Å². The lowest BCUT2D eigenvalue weighted by Crippen LogP contribution is -2.21. The minimum absolute atomic E-state index is 0.0287. The Kier molecular flexibility index (Phi) is 3.31. The molecule has 0 unspecified atom stereocenters. The van der Waals surface area contributed by atoms with E-state index in [1.54, 1.807) is 6.20 Å². The number of aldehydes is 1. The largest absolute Gasteiger partial charge is 0.345 e. The van der Waals surface area contributed by atoms with Crippen LogP contribution in [0.1, 0.15) is 0 Å². The number of aromatic amines is 1. The Morgan fingerprint density at radius 1 is 1.43 bits per heavy atom. The van der Waals surface area contributed by atoms with Gasteiger partial charge in [0.1, 0.15) is 24.1 Å². The molecular weight excluding hydrogens is 297 g/mol. The third-order valence-corrected chi connectivity index (χ3v) is 3.45. The van der Waals surface area contributed by atoms with Crippen molar-refractivity contribution in [3.05, 3.63) is 51.9 Å². The van der Waals surface area contributed by atoms with E-state index in [-0.39, 0.29) is 17.1 Å². The van der Waals surface area contributed by atoms with Crippen molar-refractivity contribution >= 4 is 28.9 Å². The summed E-state index contributed by atoms with van der Waals surface area (Å²) in [5, 5.41) is 0.306. The van der Waals surface area contributed by atoms with Crippen LogP contribution in [0.5, 0.6) is 0 Å². The molecule has 3 rings (SSSR count). The second-order valence-corrected chi connectivity index (χ2v) is 4.83. The van der Waals surface area contributed by atoms with Crippen LogP contribution in [-0.4, -0.2) is 20.8 Å². The van der Waals surface area contributed by atoms with Crippen molar-refractivity contribution in [1.82, 2.24) is 14.5 Å². The van der Waals surface area contributed by atoms with E-state index in [0.717, 1.165) is 0 Å². The van der Waals surface area contributed by atoms with Crippen LogP contribution < -0.4 is 5.56 Å². The van der Waals surface area contributed by atoms with E-state index in [9.17, 15) is 14.0 Å². The molecule has 3 aromatic rings. The zero-order chi connectivity index (χ0) is 15.0. The van der Waals surface area contributed by atoms with Crippen molar-refractivity contribution in [2.75, 3.05) is 0 Å². The molecular formula is C14H9ClFN3O2. The smallest absolute Gasteiger partial charge is 0.263 e. The number of hydrogen-bond donors (Lipinski definition) is 1. The van der Waals surface area contributed by atoms with Gasteiger partial charge in [-0.25, -0.2) is 9.37 Å². The van der Waals surface area contributed by atoms with E-state index in [1.165, 1.54) is 29.1 Å². The zero-order valence-corrected chi connectivity index (χ0v) is 11.4. The first-order valence-corrected chi connectivity index (χ1v) is 6.45. The van der Waals surface area contributed by atoms with Gasteiger partial charge in [0.05, 0.1) is 17.0 Å². The highest BCUT2D eigenvalue weighted by atomic mass is 35.5. The van der Waals surface area contributed by atoms with E-state index in [4.69, 9.17) is 11.6 Å². The molecule has 0 saturated carbocycles. The molecule has 2 heterocycles. The summed E-state index contributed by atoms with van der Waals surface area (Å²) in [5.41, 5.74) is 1.21. The number of halogens is 2. The molecule has 5 nitrogen and oxygen atoms in total. The molecule has 1 aromatic carbocycles. The van der Waals surface area contributed by atoms with E-state index in [0.29, 0.717) is 28.4 Å². The first-order chi connectivity index (χ1) is 10.1. The predicted molar refractivity (Wildman–Crippen MR) is 76.8 cm³/mol. The molecule has 2 aromatic heterocycles.